The molecule has 1 heterocycles. The Morgan fingerprint density at radius 1 is 0.714 bits per heavy atom. The third-order valence-electron chi connectivity index (χ3n) is 2.50. The summed E-state index contributed by atoms with van der Waals surface area (Å²) in [4.78, 5) is 0. The summed E-state index contributed by atoms with van der Waals surface area (Å²) in [5.74, 6) is 0. The fourth-order valence-corrected chi connectivity index (χ4v) is 2.78. The summed E-state index contributed by atoms with van der Waals surface area (Å²) in [6.07, 6.45) is 1.07. The number of rotatable bonds is 0. The first-order valence-corrected chi connectivity index (χ1v) is 5.50. The van der Waals surface area contributed by atoms with Crippen molar-refractivity contribution in [2.45, 2.75) is 6.42 Å². The van der Waals surface area contributed by atoms with E-state index < -0.39 is 0 Å². The van der Waals surface area contributed by atoms with Crippen LogP contribution in [0.2, 0.25) is 10.0 Å². The van der Waals surface area contributed by atoms with Crippen LogP contribution in [-0.2, 0) is 6.42 Å². The van der Waals surface area contributed by atoms with E-state index in [0.29, 0.717) is 0 Å². The zero-order valence-corrected chi connectivity index (χ0v) is 8.46. The van der Waals surface area contributed by atoms with E-state index in [1.807, 2.05) is 0 Å². The maximum absolute atomic E-state index is 2.40. The van der Waals surface area contributed by atoms with Crippen molar-refractivity contribution in [3.63, 3.8) is 0 Å². The highest BCUT2D eigenvalue weighted by atomic mass is 35.5. The van der Waals surface area contributed by atoms with E-state index in [2.05, 4.69) is 59.3 Å². The molecule has 0 amide bonds. The van der Waals surface area contributed by atoms with Gasteiger partial charge in [-0.25, -0.2) is 0 Å². The first-order valence-electron chi connectivity index (χ1n) is 4.74. The molecule has 3 rings (SSSR count). The zero-order valence-electron chi connectivity index (χ0n) is 7.70. The third kappa shape index (κ3) is 1.23. The Balaban J connectivity index is 2.12. The number of fused-ring (bicyclic) bond motifs is 2. The SMILES string of the molecule is c1ccc2c(c1)Cc1ccccc1[Cl+]2. The lowest BCUT2D eigenvalue weighted by atomic mass is 10.0. The van der Waals surface area contributed by atoms with Crippen molar-refractivity contribution >= 4 is 0 Å². The normalized spacial score (nSPS) is 13.1. The van der Waals surface area contributed by atoms with Crippen molar-refractivity contribution in [3.8, 4) is 0 Å². The predicted molar refractivity (Wildman–Crippen MR) is 54.0 cm³/mol. The molecular formula is C13H10Cl+. The Labute approximate surface area is 87.3 Å². The third-order valence-corrected chi connectivity index (χ3v) is 3.64. The smallest absolute Gasteiger partial charge is 0.0616 e. The summed E-state index contributed by atoms with van der Waals surface area (Å²) in [5, 5.41) is 2.71. The number of benzene rings is 2. The van der Waals surface area contributed by atoms with E-state index in [4.69, 9.17) is 0 Å². The summed E-state index contributed by atoms with van der Waals surface area (Å²) in [6, 6.07) is 17.2. The molecule has 0 spiro atoms. The lowest BCUT2D eigenvalue weighted by molar-refractivity contribution is -0.538. The first-order chi connectivity index (χ1) is 6.93. The summed E-state index contributed by atoms with van der Waals surface area (Å²) in [7, 11) is 2.40. The second-order valence-electron chi connectivity index (χ2n) is 3.45. The molecule has 0 N–H and O–H groups in total. The van der Waals surface area contributed by atoms with Crippen molar-refractivity contribution in [1.82, 2.24) is 0 Å². The standard InChI is InChI=1S/C13H10Cl/c1-3-7-12-10(5-1)9-11-6-2-4-8-13(11)14-12/h1-8H,9H2/q+1. The van der Waals surface area contributed by atoms with Crippen LogP contribution in [0.4, 0.5) is 0 Å². The van der Waals surface area contributed by atoms with Crippen molar-refractivity contribution < 1.29 is 10.8 Å². The van der Waals surface area contributed by atoms with Crippen molar-refractivity contribution in [2.24, 2.45) is 0 Å². The van der Waals surface area contributed by atoms with Crippen LogP contribution in [0.25, 0.3) is 0 Å². The van der Waals surface area contributed by atoms with E-state index in [1.54, 1.807) is 0 Å². The fourth-order valence-electron chi connectivity index (χ4n) is 1.78. The molecule has 1 aliphatic rings. The van der Waals surface area contributed by atoms with Gasteiger partial charge >= 0.3 is 0 Å². The summed E-state index contributed by atoms with van der Waals surface area (Å²) in [5.41, 5.74) is 2.86. The predicted octanol–water partition coefficient (Wildman–Crippen LogP) is 3.21. The molecule has 2 aromatic carbocycles. The number of hydrogen-bond donors (Lipinski definition) is 0. The first kappa shape index (κ1) is 8.07. The Morgan fingerprint density at radius 3 is 1.79 bits per heavy atom. The van der Waals surface area contributed by atoms with Gasteiger partial charge in [0.25, 0.3) is 0 Å². The maximum Gasteiger partial charge on any atom is 0.239 e. The maximum atomic E-state index is 2.40. The molecule has 0 aliphatic carbocycles. The van der Waals surface area contributed by atoms with Gasteiger partial charge in [-0.05, 0) is 0 Å². The molecule has 2 aromatic rings. The molecule has 0 nitrogen and oxygen atoms in total. The molecule has 1 aliphatic heterocycles. The van der Waals surface area contributed by atoms with Crippen LogP contribution in [0.3, 0.4) is 0 Å². The van der Waals surface area contributed by atoms with E-state index in [1.165, 1.54) is 21.2 Å². The summed E-state index contributed by atoms with van der Waals surface area (Å²) in [6.45, 7) is 0. The molecule has 0 saturated heterocycles. The minimum absolute atomic E-state index is 1.07. The minimum atomic E-state index is 1.07. The average molecular weight is 202 g/mol. The highest BCUT2D eigenvalue weighted by Gasteiger charge is 2.27. The van der Waals surface area contributed by atoms with E-state index in [0.717, 1.165) is 6.42 Å². The van der Waals surface area contributed by atoms with Crippen LogP contribution >= 0.6 is 0 Å². The van der Waals surface area contributed by atoms with Crippen molar-refractivity contribution in [1.29, 1.82) is 0 Å². The molecule has 0 saturated carbocycles. The van der Waals surface area contributed by atoms with Gasteiger partial charge in [0.05, 0.1) is 0 Å². The van der Waals surface area contributed by atoms with Gasteiger partial charge in [-0.2, -0.15) is 0 Å². The highest BCUT2D eigenvalue weighted by Crippen LogP contribution is 2.29. The molecule has 0 atom stereocenters. The Hall–Kier alpha value is -1.27. The molecule has 0 unspecified atom stereocenters. The van der Waals surface area contributed by atoms with Gasteiger partial charge in [0.1, 0.15) is 0 Å². The van der Waals surface area contributed by atoms with Gasteiger partial charge in [0.2, 0.25) is 20.8 Å². The average Bonchev–Trinajstić information content (AvgIpc) is 2.26. The minimum Gasteiger partial charge on any atom is -0.0616 e. The molecule has 0 radical (unpaired) electrons. The topological polar surface area (TPSA) is 0 Å². The zero-order chi connectivity index (χ0) is 9.38. The summed E-state index contributed by atoms with van der Waals surface area (Å²) >= 11 is 0. The van der Waals surface area contributed by atoms with Gasteiger partial charge < -0.3 is 0 Å². The Kier molecular flexibility index (Phi) is 1.81. The molecule has 0 aromatic heterocycles. The number of halogens is 1. The van der Waals surface area contributed by atoms with Gasteiger partial charge in [-0.1, -0.05) is 36.4 Å². The molecule has 14 heavy (non-hydrogen) atoms. The molecule has 68 valence electrons. The lowest BCUT2D eigenvalue weighted by Gasteiger charge is -2.07. The van der Waals surface area contributed by atoms with Gasteiger partial charge in [-0.15, -0.1) is 0 Å². The molecule has 0 bridgehead atoms. The van der Waals surface area contributed by atoms with Crippen LogP contribution in [0, 0.1) is 10.8 Å². The quantitative estimate of drug-likeness (QED) is 0.524. The van der Waals surface area contributed by atoms with Gasteiger partial charge in [0.15, 0.2) is 0 Å². The molecular weight excluding hydrogens is 192 g/mol. The fraction of sp³-hybridized carbons (Fsp3) is 0.0769. The van der Waals surface area contributed by atoms with E-state index in [9.17, 15) is 0 Å². The number of hydrogen-bond acceptors (Lipinski definition) is 0. The Morgan fingerprint density at radius 2 is 1.21 bits per heavy atom. The van der Waals surface area contributed by atoms with Crippen LogP contribution in [0.1, 0.15) is 11.1 Å². The van der Waals surface area contributed by atoms with Gasteiger partial charge in [0, 0.05) is 29.7 Å². The summed E-state index contributed by atoms with van der Waals surface area (Å²) < 4.78 is 0. The van der Waals surface area contributed by atoms with Crippen molar-refractivity contribution in [2.75, 3.05) is 0 Å². The van der Waals surface area contributed by atoms with Crippen LogP contribution in [0.15, 0.2) is 48.5 Å². The monoisotopic (exact) mass is 201 g/mol. The van der Waals surface area contributed by atoms with Crippen LogP contribution < -0.4 is 0 Å². The van der Waals surface area contributed by atoms with E-state index >= 15 is 0 Å². The lowest BCUT2D eigenvalue weighted by Crippen LogP contribution is -2.02. The molecule has 1 heteroatoms. The van der Waals surface area contributed by atoms with Crippen LogP contribution in [0.5, 0.6) is 0 Å². The second-order valence-corrected chi connectivity index (χ2v) is 4.46. The Bertz CT molecular complexity index is 387. The largest absolute Gasteiger partial charge is 0.239 e. The van der Waals surface area contributed by atoms with Crippen LogP contribution in [-0.4, -0.2) is 0 Å². The highest BCUT2D eigenvalue weighted by molar-refractivity contribution is 5.37. The molecule has 0 fully saturated rings. The van der Waals surface area contributed by atoms with E-state index in [-0.39, 0.29) is 0 Å². The second kappa shape index (κ2) is 3.14. The van der Waals surface area contributed by atoms with Gasteiger partial charge in [-0.3, -0.25) is 0 Å². The van der Waals surface area contributed by atoms with Crippen molar-refractivity contribution in [3.05, 3.63) is 69.7 Å².